The largest absolute Gasteiger partial charge is 0.309 e. The number of benzene rings is 1. The number of hydrogen-bond donors (Lipinski definition) is 1. The second kappa shape index (κ2) is 6.31. The van der Waals surface area contributed by atoms with Crippen LogP contribution < -0.4 is 5.32 Å². The molecule has 0 spiro atoms. The standard InChI is InChI=1S/C14H23NS/c1-10-6-11(2)14(12(3)7-10)8-15-13(4)9-16-5/h6-7,13,15H,8-9H2,1-5H3. The highest BCUT2D eigenvalue weighted by Crippen LogP contribution is 2.16. The van der Waals surface area contributed by atoms with Crippen LogP contribution in [0.4, 0.5) is 0 Å². The van der Waals surface area contributed by atoms with E-state index in [1.807, 2.05) is 11.8 Å². The minimum absolute atomic E-state index is 0.579. The molecule has 0 radical (unpaired) electrons. The fraction of sp³-hybridized carbons (Fsp3) is 0.571. The second-order valence-corrected chi connectivity index (χ2v) is 5.53. The molecular formula is C14H23NS. The Morgan fingerprint density at radius 2 is 1.75 bits per heavy atom. The van der Waals surface area contributed by atoms with Gasteiger partial charge in [0.05, 0.1) is 0 Å². The van der Waals surface area contributed by atoms with E-state index < -0.39 is 0 Å². The first kappa shape index (κ1) is 13.6. The molecule has 1 rings (SSSR count). The van der Waals surface area contributed by atoms with Gasteiger partial charge in [0.25, 0.3) is 0 Å². The molecule has 1 aromatic rings. The van der Waals surface area contributed by atoms with E-state index in [1.165, 1.54) is 28.0 Å². The van der Waals surface area contributed by atoms with Crippen molar-refractivity contribution in [2.75, 3.05) is 12.0 Å². The highest BCUT2D eigenvalue weighted by Gasteiger charge is 2.05. The van der Waals surface area contributed by atoms with Crippen molar-refractivity contribution >= 4 is 11.8 Å². The third-order valence-corrected chi connectivity index (χ3v) is 3.72. The molecular weight excluding hydrogens is 214 g/mol. The van der Waals surface area contributed by atoms with Crippen LogP contribution in [0.15, 0.2) is 12.1 Å². The number of hydrogen-bond acceptors (Lipinski definition) is 2. The van der Waals surface area contributed by atoms with Crippen molar-refractivity contribution in [1.82, 2.24) is 5.32 Å². The molecule has 1 nitrogen and oxygen atoms in total. The normalized spacial score (nSPS) is 12.8. The molecule has 1 unspecified atom stereocenters. The van der Waals surface area contributed by atoms with E-state index in [0.29, 0.717) is 6.04 Å². The first-order chi connectivity index (χ1) is 7.54. The van der Waals surface area contributed by atoms with Gasteiger partial charge in [-0.25, -0.2) is 0 Å². The number of nitrogens with one attached hydrogen (secondary N) is 1. The van der Waals surface area contributed by atoms with Crippen molar-refractivity contribution in [3.8, 4) is 0 Å². The third-order valence-electron chi connectivity index (χ3n) is 2.88. The molecule has 0 amide bonds. The molecule has 16 heavy (non-hydrogen) atoms. The Labute approximate surface area is 104 Å². The lowest BCUT2D eigenvalue weighted by Crippen LogP contribution is -2.28. The van der Waals surface area contributed by atoms with E-state index in [1.54, 1.807) is 0 Å². The lowest BCUT2D eigenvalue weighted by Gasteiger charge is -2.16. The van der Waals surface area contributed by atoms with Crippen LogP contribution in [0.2, 0.25) is 0 Å². The zero-order valence-electron chi connectivity index (χ0n) is 11.1. The lowest BCUT2D eigenvalue weighted by atomic mass is 10.00. The van der Waals surface area contributed by atoms with Crippen LogP contribution in [0.3, 0.4) is 0 Å². The first-order valence-electron chi connectivity index (χ1n) is 5.83. The third kappa shape index (κ3) is 3.84. The van der Waals surface area contributed by atoms with E-state index in [9.17, 15) is 0 Å². The molecule has 0 heterocycles. The van der Waals surface area contributed by atoms with Gasteiger partial charge in [0.1, 0.15) is 0 Å². The molecule has 0 fully saturated rings. The summed E-state index contributed by atoms with van der Waals surface area (Å²) < 4.78 is 0. The van der Waals surface area contributed by atoms with Crippen LogP contribution in [0.5, 0.6) is 0 Å². The van der Waals surface area contributed by atoms with Gasteiger partial charge in [-0.2, -0.15) is 11.8 Å². The summed E-state index contributed by atoms with van der Waals surface area (Å²) in [5.41, 5.74) is 5.62. The zero-order chi connectivity index (χ0) is 12.1. The van der Waals surface area contributed by atoms with Crippen molar-refractivity contribution in [2.24, 2.45) is 0 Å². The van der Waals surface area contributed by atoms with Crippen LogP contribution in [-0.4, -0.2) is 18.1 Å². The molecule has 1 N–H and O–H groups in total. The maximum absolute atomic E-state index is 3.58. The van der Waals surface area contributed by atoms with Gasteiger partial charge in [0, 0.05) is 18.3 Å². The van der Waals surface area contributed by atoms with Crippen molar-refractivity contribution in [1.29, 1.82) is 0 Å². The Bertz CT molecular complexity index is 324. The summed E-state index contributed by atoms with van der Waals surface area (Å²) in [6, 6.07) is 5.11. The fourth-order valence-electron chi connectivity index (χ4n) is 2.07. The predicted molar refractivity (Wildman–Crippen MR) is 75.3 cm³/mol. The van der Waals surface area contributed by atoms with Gasteiger partial charge < -0.3 is 5.32 Å². The van der Waals surface area contributed by atoms with Gasteiger partial charge in [0.2, 0.25) is 0 Å². The SMILES string of the molecule is CSCC(C)NCc1c(C)cc(C)cc1C. The summed E-state index contributed by atoms with van der Waals surface area (Å²) in [4.78, 5) is 0. The van der Waals surface area contributed by atoms with Crippen molar-refractivity contribution in [2.45, 2.75) is 40.3 Å². The minimum atomic E-state index is 0.579. The molecule has 0 aromatic heterocycles. The van der Waals surface area contributed by atoms with Crippen LogP contribution in [0.25, 0.3) is 0 Å². The summed E-state index contributed by atoms with van der Waals surface area (Å²) in [5.74, 6) is 1.17. The summed E-state index contributed by atoms with van der Waals surface area (Å²) in [6.45, 7) is 9.80. The van der Waals surface area contributed by atoms with Gasteiger partial charge in [-0.15, -0.1) is 0 Å². The van der Waals surface area contributed by atoms with Crippen LogP contribution in [0, 0.1) is 20.8 Å². The predicted octanol–water partition coefficient (Wildman–Crippen LogP) is 3.45. The fourth-order valence-corrected chi connectivity index (χ4v) is 2.69. The Morgan fingerprint density at radius 3 is 2.25 bits per heavy atom. The molecule has 1 atom stereocenters. The summed E-state index contributed by atoms with van der Waals surface area (Å²) in [5, 5.41) is 3.58. The maximum Gasteiger partial charge on any atom is 0.0213 e. The summed E-state index contributed by atoms with van der Waals surface area (Å²) in [6.07, 6.45) is 2.15. The Morgan fingerprint density at radius 1 is 1.19 bits per heavy atom. The summed E-state index contributed by atoms with van der Waals surface area (Å²) in [7, 11) is 0. The average Bonchev–Trinajstić information content (AvgIpc) is 2.16. The van der Waals surface area contributed by atoms with Gasteiger partial charge >= 0.3 is 0 Å². The maximum atomic E-state index is 3.58. The van der Waals surface area contributed by atoms with E-state index in [4.69, 9.17) is 0 Å². The molecule has 0 saturated heterocycles. The molecule has 0 aliphatic heterocycles. The lowest BCUT2D eigenvalue weighted by molar-refractivity contribution is 0.593. The first-order valence-corrected chi connectivity index (χ1v) is 7.23. The van der Waals surface area contributed by atoms with Crippen molar-refractivity contribution in [3.05, 3.63) is 34.4 Å². The molecule has 90 valence electrons. The van der Waals surface area contributed by atoms with Crippen LogP contribution in [0.1, 0.15) is 29.2 Å². The van der Waals surface area contributed by atoms with Gasteiger partial charge in [-0.1, -0.05) is 17.7 Å². The molecule has 0 saturated carbocycles. The number of thioether (sulfide) groups is 1. The Hall–Kier alpha value is -0.470. The van der Waals surface area contributed by atoms with Gasteiger partial charge in [-0.05, 0) is 50.6 Å². The molecule has 0 bridgehead atoms. The molecule has 0 aliphatic rings. The summed E-state index contributed by atoms with van der Waals surface area (Å²) >= 11 is 1.89. The van der Waals surface area contributed by atoms with E-state index in [-0.39, 0.29) is 0 Å². The molecule has 1 aromatic carbocycles. The van der Waals surface area contributed by atoms with Crippen molar-refractivity contribution in [3.63, 3.8) is 0 Å². The van der Waals surface area contributed by atoms with E-state index in [2.05, 4.69) is 51.4 Å². The van der Waals surface area contributed by atoms with Gasteiger partial charge in [-0.3, -0.25) is 0 Å². The second-order valence-electron chi connectivity index (χ2n) is 4.61. The highest BCUT2D eigenvalue weighted by atomic mass is 32.2. The number of rotatable bonds is 5. The Kier molecular flexibility index (Phi) is 5.36. The van der Waals surface area contributed by atoms with Crippen molar-refractivity contribution < 1.29 is 0 Å². The molecule has 0 aliphatic carbocycles. The van der Waals surface area contributed by atoms with Gasteiger partial charge in [0.15, 0.2) is 0 Å². The quantitative estimate of drug-likeness (QED) is 0.842. The number of aryl methyl sites for hydroxylation is 3. The highest BCUT2D eigenvalue weighted by molar-refractivity contribution is 7.98. The van der Waals surface area contributed by atoms with E-state index >= 15 is 0 Å². The topological polar surface area (TPSA) is 12.0 Å². The average molecular weight is 237 g/mol. The zero-order valence-corrected chi connectivity index (χ0v) is 11.9. The van der Waals surface area contributed by atoms with Crippen LogP contribution in [-0.2, 0) is 6.54 Å². The smallest absolute Gasteiger partial charge is 0.0213 e. The molecule has 2 heteroatoms. The Balaban J connectivity index is 2.67. The van der Waals surface area contributed by atoms with E-state index in [0.717, 1.165) is 6.54 Å². The van der Waals surface area contributed by atoms with Crippen LogP contribution >= 0.6 is 11.8 Å². The minimum Gasteiger partial charge on any atom is -0.309 e. The monoisotopic (exact) mass is 237 g/mol.